The number of fused-ring (bicyclic) bond motifs is 1. The third kappa shape index (κ3) is 2.16. The van der Waals surface area contributed by atoms with Gasteiger partial charge >= 0.3 is 0 Å². The molecular weight excluding hydrogens is 258 g/mol. The largest absolute Gasteiger partial charge is 0.483 e. The van der Waals surface area contributed by atoms with Gasteiger partial charge in [0.15, 0.2) is 11.8 Å². The van der Waals surface area contributed by atoms with Crippen molar-refractivity contribution >= 4 is 5.78 Å². The Labute approximate surface area is 114 Å². The number of carbonyl (C=O) groups is 1. The minimum Gasteiger partial charge on any atom is -0.483 e. The van der Waals surface area contributed by atoms with Gasteiger partial charge in [0.05, 0.1) is 17.5 Å². The average molecular weight is 269 g/mol. The molecule has 0 bridgehead atoms. The van der Waals surface area contributed by atoms with Crippen LogP contribution in [0.4, 0.5) is 0 Å². The molecule has 1 aromatic carbocycles. The van der Waals surface area contributed by atoms with Gasteiger partial charge < -0.3 is 4.74 Å². The van der Waals surface area contributed by atoms with Gasteiger partial charge in [-0.15, -0.1) is 0 Å². The molecule has 0 aliphatic carbocycles. The van der Waals surface area contributed by atoms with Crippen molar-refractivity contribution in [3.8, 4) is 5.75 Å². The quantitative estimate of drug-likeness (QED) is 0.781. The number of nitrogens with zero attached hydrogens (tertiary/aromatic N) is 3. The highest BCUT2D eigenvalue weighted by atomic mass is 16.5. The van der Waals surface area contributed by atoms with Gasteiger partial charge in [-0.2, -0.15) is 4.91 Å². The van der Waals surface area contributed by atoms with Crippen LogP contribution >= 0.6 is 0 Å². The molecule has 1 aliphatic rings. The summed E-state index contributed by atoms with van der Waals surface area (Å²) >= 11 is 0. The molecule has 20 heavy (non-hydrogen) atoms. The highest BCUT2D eigenvalue weighted by Crippen LogP contribution is 2.33. The first kappa shape index (κ1) is 12.4. The van der Waals surface area contributed by atoms with Crippen molar-refractivity contribution in [3.63, 3.8) is 0 Å². The van der Waals surface area contributed by atoms with Crippen LogP contribution in [0.3, 0.4) is 0 Å². The van der Waals surface area contributed by atoms with E-state index in [0.717, 1.165) is 0 Å². The number of hydrogen-bond acceptors (Lipinski definition) is 6. The SMILES string of the molecule is O=NC1CC(c2cnccn2)Oc2ccccc2C1=O. The van der Waals surface area contributed by atoms with Crippen LogP contribution in [-0.4, -0.2) is 21.8 Å². The second-order valence-corrected chi connectivity index (χ2v) is 4.45. The number of rotatable bonds is 2. The molecule has 3 rings (SSSR count). The normalized spacial score (nSPS) is 21.5. The van der Waals surface area contributed by atoms with E-state index in [9.17, 15) is 9.70 Å². The molecule has 2 unspecified atom stereocenters. The summed E-state index contributed by atoms with van der Waals surface area (Å²) in [6.45, 7) is 0. The summed E-state index contributed by atoms with van der Waals surface area (Å²) in [5.74, 6) is 0.126. The Morgan fingerprint density at radius 3 is 2.85 bits per heavy atom. The zero-order valence-corrected chi connectivity index (χ0v) is 10.5. The van der Waals surface area contributed by atoms with Gasteiger partial charge in [0.25, 0.3) is 0 Å². The van der Waals surface area contributed by atoms with E-state index >= 15 is 0 Å². The van der Waals surface area contributed by atoms with E-state index in [1.807, 2.05) is 0 Å². The van der Waals surface area contributed by atoms with Crippen molar-refractivity contribution in [3.05, 3.63) is 59.0 Å². The van der Waals surface area contributed by atoms with Gasteiger partial charge in [-0.25, -0.2) is 0 Å². The van der Waals surface area contributed by atoms with Gasteiger partial charge in [-0.1, -0.05) is 17.3 Å². The number of para-hydroxylation sites is 1. The number of ketones is 1. The first-order chi connectivity index (χ1) is 9.79. The lowest BCUT2D eigenvalue weighted by Crippen LogP contribution is -2.20. The average Bonchev–Trinajstić information content (AvgIpc) is 2.65. The summed E-state index contributed by atoms with van der Waals surface area (Å²) < 4.78 is 5.82. The van der Waals surface area contributed by atoms with Crippen molar-refractivity contribution in [2.75, 3.05) is 0 Å². The van der Waals surface area contributed by atoms with Gasteiger partial charge in [0.1, 0.15) is 11.9 Å². The molecule has 6 nitrogen and oxygen atoms in total. The fourth-order valence-corrected chi connectivity index (χ4v) is 2.21. The lowest BCUT2D eigenvalue weighted by Gasteiger charge is -2.16. The molecule has 1 aliphatic heterocycles. The molecule has 0 saturated carbocycles. The number of carbonyl (C=O) groups excluding carboxylic acids is 1. The van der Waals surface area contributed by atoms with Crippen LogP contribution in [0.15, 0.2) is 48.0 Å². The van der Waals surface area contributed by atoms with Crippen molar-refractivity contribution < 1.29 is 9.53 Å². The van der Waals surface area contributed by atoms with E-state index in [0.29, 0.717) is 17.0 Å². The number of aromatic nitrogens is 2. The molecule has 0 amide bonds. The van der Waals surface area contributed by atoms with E-state index in [1.165, 1.54) is 0 Å². The van der Waals surface area contributed by atoms with Gasteiger partial charge in [-0.05, 0) is 12.1 Å². The topological polar surface area (TPSA) is 81.5 Å². The molecular formula is C14H11N3O3. The summed E-state index contributed by atoms with van der Waals surface area (Å²) in [7, 11) is 0. The van der Waals surface area contributed by atoms with Crippen LogP contribution in [0.25, 0.3) is 0 Å². The number of ether oxygens (including phenoxy) is 1. The predicted molar refractivity (Wildman–Crippen MR) is 70.4 cm³/mol. The van der Waals surface area contributed by atoms with Crippen LogP contribution in [-0.2, 0) is 0 Å². The summed E-state index contributed by atoms with van der Waals surface area (Å²) in [6.07, 6.45) is 4.30. The van der Waals surface area contributed by atoms with Crippen molar-refractivity contribution in [2.45, 2.75) is 18.6 Å². The first-order valence-corrected chi connectivity index (χ1v) is 6.18. The summed E-state index contributed by atoms with van der Waals surface area (Å²) in [5, 5.41) is 2.94. The fourth-order valence-electron chi connectivity index (χ4n) is 2.21. The van der Waals surface area contributed by atoms with E-state index in [1.54, 1.807) is 42.9 Å². The number of nitroso groups, excluding NO2 is 1. The molecule has 0 radical (unpaired) electrons. The second-order valence-electron chi connectivity index (χ2n) is 4.45. The molecule has 0 spiro atoms. The summed E-state index contributed by atoms with van der Waals surface area (Å²) in [4.78, 5) is 31.3. The Hall–Kier alpha value is -2.63. The van der Waals surface area contributed by atoms with E-state index in [4.69, 9.17) is 4.74 Å². The third-order valence-electron chi connectivity index (χ3n) is 3.20. The minimum absolute atomic E-state index is 0.162. The first-order valence-electron chi connectivity index (χ1n) is 6.18. The molecule has 1 aromatic heterocycles. The Morgan fingerprint density at radius 1 is 1.25 bits per heavy atom. The lowest BCUT2D eigenvalue weighted by molar-refractivity contribution is 0.0950. The molecule has 100 valence electrons. The third-order valence-corrected chi connectivity index (χ3v) is 3.20. The number of hydrogen-bond donors (Lipinski definition) is 0. The molecule has 2 aromatic rings. The maximum atomic E-state index is 12.2. The number of Topliss-reactive ketones (excluding diaryl/α,β-unsaturated/α-hetero) is 1. The van der Waals surface area contributed by atoms with Crippen LogP contribution in [0.1, 0.15) is 28.6 Å². The minimum atomic E-state index is -0.967. The van der Waals surface area contributed by atoms with Gasteiger partial charge in [-0.3, -0.25) is 14.8 Å². The predicted octanol–water partition coefficient (Wildman–Crippen LogP) is 2.32. The van der Waals surface area contributed by atoms with Crippen LogP contribution in [0, 0.1) is 4.91 Å². The highest BCUT2D eigenvalue weighted by Gasteiger charge is 2.33. The summed E-state index contributed by atoms with van der Waals surface area (Å²) in [6, 6.07) is 5.86. The fraction of sp³-hybridized carbons (Fsp3) is 0.214. The maximum absolute atomic E-state index is 12.2. The van der Waals surface area contributed by atoms with Crippen LogP contribution in [0.2, 0.25) is 0 Å². The molecule has 6 heteroatoms. The molecule has 0 fully saturated rings. The van der Waals surface area contributed by atoms with Gasteiger partial charge in [0.2, 0.25) is 0 Å². The highest BCUT2D eigenvalue weighted by molar-refractivity contribution is 6.02. The van der Waals surface area contributed by atoms with Crippen molar-refractivity contribution in [2.24, 2.45) is 5.18 Å². The number of benzene rings is 1. The zero-order valence-electron chi connectivity index (χ0n) is 10.5. The van der Waals surface area contributed by atoms with Gasteiger partial charge in [0, 0.05) is 18.8 Å². The van der Waals surface area contributed by atoms with Crippen molar-refractivity contribution in [1.82, 2.24) is 9.97 Å². The Balaban J connectivity index is 2.04. The Kier molecular flexibility index (Phi) is 3.20. The molecule has 2 atom stereocenters. The molecule has 0 saturated heterocycles. The Bertz CT molecular complexity index is 645. The van der Waals surface area contributed by atoms with Crippen LogP contribution in [0.5, 0.6) is 5.75 Å². The molecule has 0 N–H and O–H groups in total. The van der Waals surface area contributed by atoms with E-state index in [2.05, 4.69) is 15.1 Å². The lowest BCUT2D eigenvalue weighted by atomic mass is 10.0. The monoisotopic (exact) mass is 269 g/mol. The maximum Gasteiger partial charge on any atom is 0.194 e. The second kappa shape index (κ2) is 5.16. The van der Waals surface area contributed by atoms with E-state index in [-0.39, 0.29) is 12.2 Å². The Morgan fingerprint density at radius 2 is 2.10 bits per heavy atom. The van der Waals surface area contributed by atoms with Crippen LogP contribution < -0.4 is 4.74 Å². The van der Waals surface area contributed by atoms with E-state index < -0.39 is 12.1 Å². The van der Waals surface area contributed by atoms with Crippen molar-refractivity contribution in [1.29, 1.82) is 0 Å². The standard InChI is InChI=1S/C14H11N3O3/c18-14-9-3-1-2-4-12(9)20-13(7-10(14)17-19)11-8-15-5-6-16-11/h1-6,8,10,13H,7H2. The summed E-state index contributed by atoms with van der Waals surface area (Å²) in [5.41, 5.74) is 0.953. The smallest absolute Gasteiger partial charge is 0.194 e. The molecule has 2 heterocycles. The zero-order chi connectivity index (χ0) is 13.9.